The molecule has 0 aliphatic carbocycles. The van der Waals surface area contributed by atoms with Gasteiger partial charge in [-0.2, -0.15) is 10.2 Å². The lowest BCUT2D eigenvalue weighted by molar-refractivity contribution is -0.130. The lowest BCUT2D eigenvalue weighted by atomic mass is 10.3. The summed E-state index contributed by atoms with van der Waals surface area (Å²) in [6, 6.07) is 13.3. The van der Waals surface area contributed by atoms with Gasteiger partial charge in [-0.1, -0.05) is 0 Å². The third-order valence-corrected chi connectivity index (χ3v) is 3.19. The second-order valence-electron chi connectivity index (χ2n) is 5.24. The molecule has 132 valence electrons. The molecule has 0 amide bonds. The van der Waals surface area contributed by atoms with Crippen LogP contribution in [0.3, 0.4) is 0 Å². The Labute approximate surface area is 149 Å². The summed E-state index contributed by atoms with van der Waals surface area (Å²) in [5.74, 6) is -2.14. The van der Waals surface area contributed by atoms with Crippen molar-refractivity contribution >= 4 is 46.1 Å². The van der Waals surface area contributed by atoms with Crippen LogP contribution in [0.25, 0.3) is 0 Å². The first-order valence-corrected chi connectivity index (χ1v) is 7.54. The molecule has 0 saturated heterocycles. The Hall–Kier alpha value is -3.68. The Morgan fingerprint density at radius 1 is 0.615 bits per heavy atom. The minimum Gasteiger partial charge on any atom is -0.477 e. The molecule has 0 bridgehead atoms. The molecule has 0 heterocycles. The molecule has 0 fully saturated rings. The molecule has 0 aliphatic heterocycles. The monoisotopic (exact) mass is 352 g/mol. The van der Waals surface area contributed by atoms with Gasteiger partial charge in [0.05, 0.1) is 22.7 Å². The van der Waals surface area contributed by atoms with Crippen molar-refractivity contribution in [3.8, 4) is 0 Å². The number of carboxylic acid groups (broad SMARTS) is 2. The zero-order valence-electron chi connectivity index (χ0n) is 14.1. The van der Waals surface area contributed by atoms with E-state index >= 15 is 0 Å². The Kier molecular flexibility index (Phi) is 6.05. The van der Waals surface area contributed by atoms with Crippen molar-refractivity contribution in [2.24, 2.45) is 20.2 Å². The molecular weight excluding hydrogens is 336 g/mol. The van der Waals surface area contributed by atoms with E-state index < -0.39 is 11.9 Å². The molecule has 0 spiro atoms. The Morgan fingerprint density at radius 2 is 0.885 bits per heavy atom. The van der Waals surface area contributed by atoms with Gasteiger partial charge in [0.1, 0.15) is 11.4 Å². The number of carbonyl (C=O) groups is 2. The van der Waals surface area contributed by atoms with Crippen LogP contribution in [0.2, 0.25) is 0 Å². The van der Waals surface area contributed by atoms with Crippen LogP contribution in [0.15, 0.2) is 68.7 Å². The highest BCUT2D eigenvalue weighted by molar-refractivity contribution is 6.35. The summed E-state index contributed by atoms with van der Waals surface area (Å²) < 4.78 is 0. The van der Waals surface area contributed by atoms with E-state index in [1.165, 1.54) is 13.8 Å². The van der Waals surface area contributed by atoms with E-state index in [-0.39, 0.29) is 11.4 Å². The number of azo groups is 1. The SMILES string of the molecule is CC(=Nc1ccc(N=Nc2ccc(N=C(C)C(=O)O)cc2)cc1)C(=O)O. The normalized spacial score (nSPS) is 12.4. The Morgan fingerprint density at radius 3 is 1.15 bits per heavy atom. The highest BCUT2D eigenvalue weighted by Crippen LogP contribution is 2.23. The Balaban J connectivity index is 2.08. The average molecular weight is 352 g/mol. The van der Waals surface area contributed by atoms with Gasteiger partial charge < -0.3 is 10.2 Å². The summed E-state index contributed by atoms with van der Waals surface area (Å²) in [7, 11) is 0. The molecule has 0 aliphatic rings. The van der Waals surface area contributed by atoms with Crippen molar-refractivity contribution in [2.45, 2.75) is 13.8 Å². The largest absolute Gasteiger partial charge is 0.477 e. The van der Waals surface area contributed by atoms with E-state index in [1.807, 2.05) is 0 Å². The molecule has 2 aromatic carbocycles. The average Bonchev–Trinajstić information content (AvgIpc) is 2.62. The number of carboxylic acids is 2. The lowest BCUT2D eigenvalue weighted by Gasteiger charge is -1.98. The molecule has 0 unspecified atom stereocenters. The van der Waals surface area contributed by atoms with Crippen LogP contribution in [0, 0.1) is 0 Å². The summed E-state index contributed by atoms with van der Waals surface area (Å²) in [6.07, 6.45) is 0. The fourth-order valence-corrected chi connectivity index (χ4v) is 1.79. The number of hydrogen-bond donors (Lipinski definition) is 2. The van der Waals surface area contributed by atoms with Gasteiger partial charge in [-0.3, -0.25) is 0 Å². The molecule has 26 heavy (non-hydrogen) atoms. The van der Waals surface area contributed by atoms with Crippen molar-refractivity contribution in [3.05, 3.63) is 48.5 Å². The second kappa shape index (κ2) is 8.43. The summed E-state index contributed by atoms with van der Waals surface area (Å²) >= 11 is 0. The zero-order chi connectivity index (χ0) is 19.1. The predicted molar refractivity (Wildman–Crippen MR) is 97.9 cm³/mol. The van der Waals surface area contributed by atoms with Crippen LogP contribution in [-0.2, 0) is 9.59 Å². The first-order chi connectivity index (χ1) is 12.3. The maximum atomic E-state index is 10.7. The molecular formula is C18H16N4O4. The molecule has 2 rings (SSSR count). The summed E-state index contributed by atoms with van der Waals surface area (Å²) in [6.45, 7) is 2.84. The third kappa shape index (κ3) is 5.45. The molecule has 8 nitrogen and oxygen atoms in total. The zero-order valence-corrected chi connectivity index (χ0v) is 14.1. The molecule has 0 saturated carbocycles. The lowest BCUT2D eigenvalue weighted by Crippen LogP contribution is -2.06. The maximum absolute atomic E-state index is 10.7. The highest BCUT2D eigenvalue weighted by Gasteiger charge is 2.02. The molecule has 0 aromatic heterocycles. The van der Waals surface area contributed by atoms with E-state index in [2.05, 4.69) is 20.2 Å². The first-order valence-electron chi connectivity index (χ1n) is 7.54. The molecule has 2 aromatic rings. The smallest absolute Gasteiger partial charge is 0.349 e. The molecule has 0 radical (unpaired) electrons. The van der Waals surface area contributed by atoms with Gasteiger partial charge in [-0.25, -0.2) is 19.6 Å². The van der Waals surface area contributed by atoms with E-state index in [0.29, 0.717) is 22.7 Å². The standard InChI is InChI=1S/C18H16N4O4/c1-11(17(23)24)19-13-3-7-15(8-4-13)21-22-16-9-5-14(6-10-16)20-12(2)18(25)26/h3-10H,1-2H3,(H,23,24)(H,25,26). The van der Waals surface area contributed by atoms with Crippen molar-refractivity contribution in [1.82, 2.24) is 0 Å². The van der Waals surface area contributed by atoms with Gasteiger partial charge in [0.15, 0.2) is 0 Å². The van der Waals surface area contributed by atoms with E-state index in [0.717, 1.165) is 0 Å². The van der Waals surface area contributed by atoms with Crippen LogP contribution < -0.4 is 0 Å². The van der Waals surface area contributed by atoms with Gasteiger partial charge in [-0.15, -0.1) is 0 Å². The van der Waals surface area contributed by atoms with Crippen LogP contribution >= 0.6 is 0 Å². The summed E-state index contributed by atoms with van der Waals surface area (Å²) in [4.78, 5) is 29.4. The number of aliphatic imine (C=N–C) groups is 2. The van der Waals surface area contributed by atoms with E-state index in [1.54, 1.807) is 48.5 Å². The summed E-state index contributed by atoms with van der Waals surface area (Å²) in [5.41, 5.74) is 2.20. The van der Waals surface area contributed by atoms with Crippen molar-refractivity contribution < 1.29 is 19.8 Å². The van der Waals surface area contributed by atoms with Crippen LogP contribution in [0.4, 0.5) is 22.7 Å². The van der Waals surface area contributed by atoms with Crippen molar-refractivity contribution in [1.29, 1.82) is 0 Å². The van der Waals surface area contributed by atoms with Crippen LogP contribution in [-0.4, -0.2) is 33.6 Å². The number of benzene rings is 2. The van der Waals surface area contributed by atoms with Gasteiger partial charge >= 0.3 is 11.9 Å². The minimum atomic E-state index is -1.07. The highest BCUT2D eigenvalue weighted by atomic mass is 16.4. The maximum Gasteiger partial charge on any atom is 0.349 e. The van der Waals surface area contributed by atoms with E-state index in [4.69, 9.17) is 10.2 Å². The predicted octanol–water partition coefficient (Wildman–Crippen LogP) is 4.46. The fraction of sp³-hybridized carbons (Fsp3) is 0.111. The number of rotatable bonds is 6. The quantitative estimate of drug-likeness (QED) is 0.588. The fourth-order valence-electron chi connectivity index (χ4n) is 1.79. The molecule has 0 atom stereocenters. The van der Waals surface area contributed by atoms with Crippen molar-refractivity contribution in [3.63, 3.8) is 0 Å². The first kappa shape index (κ1) is 18.7. The number of hydrogen-bond acceptors (Lipinski definition) is 6. The van der Waals surface area contributed by atoms with E-state index in [9.17, 15) is 9.59 Å². The topological polar surface area (TPSA) is 124 Å². The minimum absolute atomic E-state index is 0.000241. The second-order valence-corrected chi connectivity index (χ2v) is 5.24. The van der Waals surface area contributed by atoms with Gasteiger partial charge in [0.2, 0.25) is 0 Å². The number of aliphatic carboxylic acids is 2. The molecule has 8 heteroatoms. The van der Waals surface area contributed by atoms with Crippen molar-refractivity contribution in [2.75, 3.05) is 0 Å². The molecule has 2 N–H and O–H groups in total. The van der Waals surface area contributed by atoms with Crippen LogP contribution in [0.5, 0.6) is 0 Å². The van der Waals surface area contributed by atoms with Gasteiger partial charge in [0, 0.05) is 0 Å². The number of nitrogens with zero attached hydrogens (tertiary/aromatic N) is 4. The summed E-state index contributed by atoms with van der Waals surface area (Å²) in [5, 5.41) is 25.8. The Bertz CT molecular complexity index is 822. The van der Waals surface area contributed by atoms with Crippen LogP contribution in [0.1, 0.15) is 13.8 Å². The van der Waals surface area contributed by atoms with Gasteiger partial charge in [0.25, 0.3) is 0 Å². The third-order valence-electron chi connectivity index (χ3n) is 3.19. The van der Waals surface area contributed by atoms with Gasteiger partial charge in [-0.05, 0) is 62.4 Å².